The van der Waals surface area contributed by atoms with Gasteiger partial charge in [-0.1, -0.05) is 29.8 Å². The van der Waals surface area contributed by atoms with Gasteiger partial charge >= 0.3 is 0 Å². The van der Waals surface area contributed by atoms with Crippen molar-refractivity contribution in [3.63, 3.8) is 0 Å². The van der Waals surface area contributed by atoms with E-state index in [0.29, 0.717) is 30.4 Å². The second-order valence-corrected chi connectivity index (χ2v) is 6.96. The Kier molecular flexibility index (Phi) is 5.72. The molecule has 146 valence electrons. The summed E-state index contributed by atoms with van der Waals surface area (Å²) in [6, 6.07) is 14.8. The highest BCUT2D eigenvalue weighted by molar-refractivity contribution is 6.31. The van der Waals surface area contributed by atoms with Crippen molar-refractivity contribution < 1.29 is 9.21 Å². The second kappa shape index (κ2) is 8.75. The van der Waals surface area contributed by atoms with Crippen LogP contribution in [0.5, 0.6) is 0 Å². The highest BCUT2D eigenvalue weighted by Crippen LogP contribution is 2.18. The van der Waals surface area contributed by atoms with Gasteiger partial charge in [0.1, 0.15) is 5.82 Å². The summed E-state index contributed by atoms with van der Waals surface area (Å²) in [7, 11) is 0. The van der Waals surface area contributed by atoms with Crippen LogP contribution in [0.15, 0.2) is 84.0 Å². The molecule has 0 saturated heterocycles. The first-order valence-corrected chi connectivity index (χ1v) is 9.53. The van der Waals surface area contributed by atoms with Crippen LogP contribution in [0.25, 0.3) is 0 Å². The van der Waals surface area contributed by atoms with E-state index in [4.69, 9.17) is 16.0 Å². The van der Waals surface area contributed by atoms with Gasteiger partial charge in [0.2, 0.25) is 0 Å². The molecule has 0 atom stereocenters. The summed E-state index contributed by atoms with van der Waals surface area (Å²) in [6.45, 7) is 1.33. The molecule has 4 rings (SSSR count). The van der Waals surface area contributed by atoms with Gasteiger partial charge in [-0.15, -0.1) is 0 Å². The number of carbonyl (C=O) groups excluding carboxylic acids is 1. The molecule has 0 N–H and O–H groups in total. The van der Waals surface area contributed by atoms with E-state index in [0.717, 1.165) is 17.0 Å². The number of furan rings is 1. The van der Waals surface area contributed by atoms with Crippen LogP contribution in [0.2, 0.25) is 5.02 Å². The first-order chi connectivity index (χ1) is 14.2. The van der Waals surface area contributed by atoms with Crippen LogP contribution in [-0.4, -0.2) is 25.3 Å². The molecular weight excluding hydrogens is 388 g/mol. The lowest BCUT2D eigenvalue weighted by Gasteiger charge is -2.22. The Bertz CT molecular complexity index is 1080. The quantitative estimate of drug-likeness (QED) is 0.456. The molecule has 7 heteroatoms. The molecule has 29 heavy (non-hydrogen) atoms. The molecule has 0 radical (unpaired) electrons. The van der Waals surface area contributed by atoms with Crippen LogP contribution in [0, 0.1) is 0 Å². The second-order valence-electron chi connectivity index (χ2n) is 6.56. The van der Waals surface area contributed by atoms with Gasteiger partial charge in [-0.2, -0.15) is 0 Å². The summed E-state index contributed by atoms with van der Waals surface area (Å²) in [6.07, 6.45) is 8.54. The minimum atomic E-state index is -0.195. The molecule has 3 heterocycles. The van der Waals surface area contributed by atoms with Crippen molar-refractivity contribution in [1.29, 1.82) is 0 Å². The number of rotatable bonds is 7. The molecule has 0 unspecified atom stereocenters. The third kappa shape index (κ3) is 4.55. The maximum absolute atomic E-state index is 13.0. The Hall–Kier alpha value is -3.38. The Morgan fingerprint density at radius 1 is 1.03 bits per heavy atom. The van der Waals surface area contributed by atoms with Crippen LogP contribution in [0.4, 0.5) is 0 Å². The summed E-state index contributed by atoms with van der Waals surface area (Å²) < 4.78 is 7.32. The van der Waals surface area contributed by atoms with Gasteiger partial charge in [-0.25, -0.2) is 4.98 Å². The van der Waals surface area contributed by atoms with Crippen molar-refractivity contribution in [2.24, 2.45) is 0 Å². The van der Waals surface area contributed by atoms with Crippen LogP contribution in [-0.2, 0) is 19.6 Å². The zero-order valence-electron chi connectivity index (χ0n) is 15.6. The maximum Gasteiger partial charge on any atom is 0.290 e. The van der Waals surface area contributed by atoms with E-state index in [1.54, 1.807) is 35.6 Å². The van der Waals surface area contributed by atoms with Gasteiger partial charge < -0.3 is 13.9 Å². The van der Waals surface area contributed by atoms with Crippen molar-refractivity contribution in [3.8, 4) is 0 Å². The number of nitrogens with zero attached hydrogens (tertiary/aromatic N) is 4. The molecule has 1 amide bonds. The van der Waals surface area contributed by atoms with Crippen LogP contribution >= 0.6 is 11.6 Å². The lowest BCUT2D eigenvalue weighted by molar-refractivity contribution is 0.0691. The van der Waals surface area contributed by atoms with E-state index < -0.39 is 0 Å². The maximum atomic E-state index is 13.0. The molecule has 0 aliphatic heterocycles. The normalized spacial score (nSPS) is 10.8. The van der Waals surface area contributed by atoms with Crippen molar-refractivity contribution in [2.45, 2.75) is 19.6 Å². The fraction of sp³-hybridized carbons (Fsp3) is 0.136. The zero-order chi connectivity index (χ0) is 20.1. The van der Waals surface area contributed by atoms with Crippen molar-refractivity contribution in [1.82, 2.24) is 19.4 Å². The summed E-state index contributed by atoms with van der Waals surface area (Å²) in [5.74, 6) is 0.862. The highest BCUT2D eigenvalue weighted by atomic mass is 35.5. The Labute approximate surface area is 173 Å². The summed E-state index contributed by atoms with van der Waals surface area (Å²) in [4.78, 5) is 23.2. The average Bonchev–Trinajstić information content (AvgIpc) is 3.42. The lowest BCUT2D eigenvalue weighted by Crippen LogP contribution is -2.31. The SMILES string of the molecule is O=C(c1ccco1)N(Cc1ccncc1)Cc1nccn1Cc1ccccc1Cl. The smallest absolute Gasteiger partial charge is 0.290 e. The Morgan fingerprint density at radius 2 is 1.86 bits per heavy atom. The fourth-order valence-electron chi connectivity index (χ4n) is 3.08. The molecule has 3 aromatic heterocycles. The van der Waals surface area contributed by atoms with Crippen LogP contribution < -0.4 is 0 Å². The standard InChI is InChI=1S/C22H19ClN4O2/c23-19-5-2-1-4-18(19)15-26-12-11-25-21(26)16-27(14-17-7-9-24-10-8-17)22(28)20-6-3-13-29-20/h1-13H,14-16H2. The Morgan fingerprint density at radius 3 is 2.62 bits per heavy atom. The summed E-state index contributed by atoms with van der Waals surface area (Å²) in [5.41, 5.74) is 1.97. The number of carbonyl (C=O) groups is 1. The van der Waals surface area contributed by atoms with Gasteiger partial charge in [0.05, 0.1) is 19.4 Å². The number of pyridine rings is 1. The molecule has 0 saturated carbocycles. The van der Waals surface area contributed by atoms with Crippen molar-refractivity contribution in [3.05, 3.63) is 107 Å². The molecule has 4 aromatic rings. The molecule has 0 aliphatic carbocycles. The van der Waals surface area contributed by atoms with Crippen molar-refractivity contribution >= 4 is 17.5 Å². The number of amides is 1. The molecule has 0 aliphatic rings. The fourth-order valence-corrected chi connectivity index (χ4v) is 3.28. The van der Waals surface area contributed by atoms with Crippen LogP contribution in [0.3, 0.4) is 0 Å². The predicted molar refractivity (Wildman–Crippen MR) is 109 cm³/mol. The number of hydrogen-bond acceptors (Lipinski definition) is 4. The first kappa shape index (κ1) is 19.0. The highest BCUT2D eigenvalue weighted by Gasteiger charge is 2.21. The number of benzene rings is 1. The molecule has 0 bridgehead atoms. The zero-order valence-corrected chi connectivity index (χ0v) is 16.4. The van der Waals surface area contributed by atoms with Gasteiger partial charge in [0, 0.05) is 36.4 Å². The predicted octanol–water partition coefficient (Wildman–Crippen LogP) is 4.42. The van der Waals surface area contributed by atoms with Gasteiger partial charge in [0.15, 0.2) is 5.76 Å². The van der Waals surface area contributed by atoms with E-state index in [2.05, 4.69) is 9.97 Å². The van der Waals surface area contributed by atoms with Gasteiger partial charge in [0.25, 0.3) is 5.91 Å². The summed E-state index contributed by atoms with van der Waals surface area (Å²) >= 11 is 6.31. The molecule has 0 spiro atoms. The molecule has 6 nitrogen and oxygen atoms in total. The van der Waals surface area contributed by atoms with E-state index in [-0.39, 0.29) is 5.91 Å². The number of imidazole rings is 1. The third-order valence-corrected chi connectivity index (χ3v) is 4.94. The molecule has 1 aromatic carbocycles. The van der Waals surface area contributed by atoms with Gasteiger partial charge in [-0.05, 0) is 41.5 Å². The first-order valence-electron chi connectivity index (χ1n) is 9.16. The lowest BCUT2D eigenvalue weighted by atomic mass is 10.2. The largest absolute Gasteiger partial charge is 0.459 e. The third-order valence-electron chi connectivity index (χ3n) is 4.57. The van der Waals surface area contributed by atoms with E-state index in [1.807, 2.05) is 47.2 Å². The Balaban J connectivity index is 1.59. The summed E-state index contributed by atoms with van der Waals surface area (Å²) in [5, 5.41) is 0.701. The van der Waals surface area contributed by atoms with E-state index in [1.165, 1.54) is 6.26 Å². The minimum Gasteiger partial charge on any atom is -0.459 e. The molecular formula is C22H19ClN4O2. The topological polar surface area (TPSA) is 64.2 Å². The van der Waals surface area contributed by atoms with Crippen molar-refractivity contribution in [2.75, 3.05) is 0 Å². The minimum absolute atomic E-state index is 0.195. The average molecular weight is 407 g/mol. The van der Waals surface area contributed by atoms with E-state index in [9.17, 15) is 4.79 Å². The van der Waals surface area contributed by atoms with Crippen LogP contribution in [0.1, 0.15) is 27.5 Å². The monoisotopic (exact) mass is 406 g/mol. The van der Waals surface area contributed by atoms with Gasteiger partial charge in [-0.3, -0.25) is 9.78 Å². The number of halogens is 1. The number of aromatic nitrogens is 3. The van der Waals surface area contributed by atoms with E-state index >= 15 is 0 Å². The molecule has 0 fully saturated rings. The number of hydrogen-bond donors (Lipinski definition) is 0.